The molecule has 0 N–H and O–H groups in total. The van der Waals surface area contributed by atoms with E-state index in [9.17, 15) is 18.0 Å². The van der Waals surface area contributed by atoms with Crippen LogP contribution in [0.15, 0.2) is 66.9 Å². The zero-order valence-corrected chi connectivity index (χ0v) is 26.0. The van der Waals surface area contributed by atoms with Crippen LogP contribution in [-0.4, -0.2) is 43.1 Å². The van der Waals surface area contributed by atoms with E-state index in [4.69, 9.17) is 14.2 Å². The first-order chi connectivity index (χ1) is 21.3. The number of rotatable bonds is 20. The van der Waals surface area contributed by atoms with Crippen LogP contribution in [0.25, 0.3) is 22.4 Å². The van der Waals surface area contributed by atoms with Crippen molar-refractivity contribution >= 4 is 5.97 Å². The van der Waals surface area contributed by atoms with Crippen LogP contribution in [-0.2, 0) is 9.47 Å². The number of alkyl halides is 3. The Morgan fingerprint density at radius 1 is 0.705 bits per heavy atom. The second-order valence-electron chi connectivity index (χ2n) is 11.1. The van der Waals surface area contributed by atoms with Gasteiger partial charge in [0.15, 0.2) is 6.10 Å². The molecule has 0 saturated heterocycles. The largest absolute Gasteiger partial charge is 0.494 e. The van der Waals surface area contributed by atoms with Gasteiger partial charge in [-0.2, -0.15) is 13.2 Å². The van der Waals surface area contributed by atoms with Gasteiger partial charge in [-0.15, -0.1) is 0 Å². The van der Waals surface area contributed by atoms with E-state index in [0.29, 0.717) is 24.8 Å². The molecule has 0 aliphatic heterocycles. The lowest BCUT2D eigenvalue weighted by atomic mass is 10.0. The normalized spacial score (nSPS) is 12.2. The van der Waals surface area contributed by atoms with Crippen molar-refractivity contribution in [2.45, 2.75) is 96.8 Å². The maximum Gasteiger partial charge on any atom is 0.414 e. The van der Waals surface area contributed by atoms with E-state index in [1.54, 1.807) is 12.1 Å². The molecule has 44 heavy (non-hydrogen) atoms. The number of halogens is 3. The summed E-state index contributed by atoms with van der Waals surface area (Å²) in [5.41, 5.74) is 4.23. The Labute approximate surface area is 260 Å². The van der Waals surface area contributed by atoms with E-state index < -0.39 is 18.2 Å². The van der Waals surface area contributed by atoms with Crippen LogP contribution in [0.1, 0.15) is 94.8 Å². The molecule has 0 radical (unpaired) electrons. The van der Waals surface area contributed by atoms with Gasteiger partial charge in [0.05, 0.1) is 24.5 Å². The smallest absolute Gasteiger partial charge is 0.414 e. The van der Waals surface area contributed by atoms with Crippen LogP contribution in [0, 0.1) is 0 Å². The first kappa shape index (κ1) is 35.1. The van der Waals surface area contributed by atoms with Crippen molar-refractivity contribution in [1.82, 2.24) is 4.98 Å². The highest BCUT2D eigenvalue weighted by Crippen LogP contribution is 2.25. The fraction of sp³-hybridized carbons (Fsp3) is 0.500. The average Bonchev–Trinajstić information content (AvgIpc) is 3.03. The highest BCUT2D eigenvalue weighted by molar-refractivity contribution is 5.90. The Morgan fingerprint density at radius 3 is 1.89 bits per heavy atom. The molecule has 3 aromatic rings. The molecular formula is C36H46F3NO4. The van der Waals surface area contributed by atoms with Crippen LogP contribution in [0.5, 0.6) is 5.75 Å². The molecule has 0 saturated carbocycles. The maximum atomic E-state index is 12.4. The highest BCUT2D eigenvalue weighted by atomic mass is 19.4. The number of carbonyl (C=O) groups excluding carboxylic acids is 1. The molecule has 8 heteroatoms. The molecule has 5 nitrogen and oxygen atoms in total. The number of esters is 1. The minimum Gasteiger partial charge on any atom is -0.494 e. The number of nitrogens with zero attached hydrogens (tertiary/aromatic N) is 1. The van der Waals surface area contributed by atoms with Crippen molar-refractivity contribution in [3.05, 3.63) is 72.4 Å². The number of benzene rings is 2. The molecule has 0 amide bonds. The van der Waals surface area contributed by atoms with Crippen molar-refractivity contribution in [1.29, 1.82) is 0 Å². The fourth-order valence-electron chi connectivity index (χ4n) is 4.67. The maximum absolute atomic E-state index is 12.4. The van der Waals surface area contributed by atoms with Gasteiger partial charge in [0, 0.05) is 23.9 Å². The summed E-state index contributed by atoms with van der Waals surface area (Å²) in [7, 11) is 0. The Balaban J connectivity index is 1.35. The molecule has 1 unspecified atom stereocenters. The van der Waals surface area contributed by atoms with Crippen LogP contribution < -0.4 is 4.74 Å². The molecule has 0 fully saturated rings. The minimum atomic E-state index is -4.33. The highest BCUT2D eigenvalue weighted by Gasteiger charge is 2.36. The molecule has 2 aromatic carbocycles. The number of unbranched alkanes of at least 4 members (excludes halogenated alkanes) is 9. The Kier molecular flexibility index (Phi) is 15.2. The number of carbonyl (C=O) groups is 1. The van der Waals surface area contributed by atoms with Gasteiger partial charge in [0.2, 0.25) is 0 Å². The average molecular weight is 614 g/mol. The second kappa shape index (κ2) is 19.1. The molecule has 1 atom stereocenters. The van der Waals surface area contributed by atoms with Gasteiger partial charge in [-0.3, -0.25) is 4.98 Å². The summed E-state index contributed by atoms with van der Waals surface area (Å²) < 4.78 is 53.3. The van der Waals surface area contributed by atoms with E-state index in [1.807, 2.05) is 54.7 Å². The van der Waals surface area contributed by atoms with Crippen molar-refractivity contribution < 1.29 is 32.2 Å². The lowest BCUT2D eigenvalue weighted by Crippen LogP contribution is -2.28. The summed E-state index contributed by atoms with van der Waals surface area (Å²) in [5.74, 6) is 0.472. The summed E-state index contributed by atoms with van der Waals surface area (Å²) in [4.78, 5) is 17.0. The van der Waals surface area contributed by atoms with Gasteiger partial charge < -0.3 is 14.2 Å². The van der Waals surface area contributed by atoms with E-state index in [-0.39, 0.29) is 13.2 Å². The number of pyridine rings is 1. The van der Waals surface area contributed by atoms with Crippen LogP contribution in [0.2, 0.25) is 0 Å². The van der Waals surface area contributed by atoms with Crippen LogP contribution >= 0.6 is 0 Å². The summed E-state index contributed by atoms with van der Waals surface area (Å²) in [6, 6.07) is 19.2. The number of ether oxygens (including phenoxy) is 3. The van der Waals surface area contributed by atoms with Crippen molar-refractivity contribution in [2.75, 3.05) is 19.8 Å². The number of hydrogen-bond acceptors (Lipinski definition) is 5. The number of hydrogen-bond donors (Lipinski definition) is 0. The van der Waals surface area contributed by atoms with E-state index in [2.05, 4.69) is 11.9 Å². The van der Waals surface area contributed by atoms with Gasteiger partial charge in [0.25, 0.3) is 0 Å². The zero-order valence-electron chi connectivity index (χ0n) is 26.0. The number of aromatic nitrogens is 1. The summed E-state index contributed by atoms with van der Waals surface area (Å²) in [5, 5.41) is 0. The standard InChI is InChI=1S/C36H46F3NO4/c1-3-4-5-6-7-8-12-25-43-33-21-18-30(19-22-33)34-23-20-32(27-40-34)29-14-16-31(17-15-29)35(41)44-26-13-10-9-11-24-42-28(2)36(37,38)39/h14-23,27-28H,3-13,24-26H2,1-2H3. The molecule has 1 heterocycles. The Bertz CT molecular complexity index is 1210. The van der Waals surface area contributed by atoms with Gasteiger partial charge >= 0.3 is 12.1 Å². The Hall–Kier alpha value is -3.39. The SMILES string of the molecule is CCCCCCCCCOc1ccc(-c2ccc(-c3ccc(C(=O)OCCCCCCOC(C)C(F)(F)F)cc3)cn2)cc1. The van der Waals surface area contributed by atoms with Gasteiger partial charge in [0.1, 0.15) is 5.75 Å². The summed E-state index contributed by atoms with van der Waals surface area (Å²) in [6.45, 7) is 4.31. The van der Waals surface area contributed by atoms with E-state index >= 15 is 0 Å². The summed E-state index contributed by atoms with van der Waals surface area (Å²) in [6.07, 6.45) is 7.21. The quantitative estimate of drug-likeness (QED) is 0.0937. The third-order valence-corrected chi connectivity index (χ3v) is 7.48. The molecule has 240 valence electrons. The summed E-state index contributed by atoms with van der Waals surface area (Å²) >= 11 is 0. The second-order valence-corrected chi connectivity index (χ2v) is 11.1. The molecule has 0 spiro atoms. The van der Waals surface area contributed by atoms with Crippen LogP contribution in [0.3, 0.4) is 0 Å². The molecule has 0 bridgehead atoms. The zero-order chi connectivity index (χ0) is 31.6. The predicted molar refractivity (Wildman–Crippen MR) is 169 cm³/mol. The lowest BCUT2D eigenvalue weighted by molar-refractivity contribution is -0.214. The fourth-order valence-corrected chi connectivity index (χ4v) is 4.67. The Morgan fingerprint density at radius 2 is 1.27 bits per heavy atom. The molecule has 3 rings (SSSR count). The van der Waals surface area contributed by atoms with Crippen molar-refractivity contribution in [3.63, 3.8) is 0 Å². The molecule has 0 aliphatic rings. The topological polar surface area (TPSA) is 57.7 Å². The van der Waals surface area contributed by atoms with Gasteiger partial charge in [-0.25, -0.2) is 4.79 Å². The minimum absolute atomic E-state index is 0.0625. The molecule has 1 aromatic heterocycles. The van der Waals surface area contributed by atoms with E-state index in [0.717, 1.165) is 54.5 Å². The third kappa shape index (κ3) is 12.7. The van der Waals surface area contributed by atoms with Crippen molar-refractivity contribution in [2.24, 2.45) is 0 Å². The molecule has 0 aliphatic carbocycles. The van der Waals surface area contributed by atoms with Gasteiger partial charge in [-0.1, -0.05) is 70.1 Å². The van der Waals surface area contributed by atoms with Crippen LogP contribution in [0.4, 0.5) is 13.2 Å². The van der Waals surface area contributed by atoms with Crippen molar-refractivity contribution in [3.8, 4) is 28.1 Å². The molecular weight excluding hydrogens is 567 g/mol. The third-order valence-electron chi connectivity index (χ3n) is 7.48. The van der Waals surface area contributed by atoms with E-state index in [1.165, 1.54) is 38.5 Å². The predicted octanol–water partition coefficient (Wildman–Crippen LogP) is 10.2. The lowest BCUT2D eigenvalue weighted by Gasteiger charge is -2.16. The first-order valence-electron chi connectivity index (χ1n) is 15.9. The van der Waals surface area contributed by atoms with Gasteiger partial charge in [-0.05, 0) is 80.6 Å². The monoisotopic (exact) mass is 613 g/mol. The first-order valence-corrected chi connectivity index (χ1v) is 15.9.